The molecule has 27 heavy (non-hydrogen) atoms. The highest BCUT2D eigenvalue weighted by molar-refractivity contribution is 5.95. The van der Waals surface area contributed by atoms with Gasteiger partial charge in [-0.15, -0.1) is 0 Å². The van der Waals surface area contributed by atoms with E-state index in [0.29, 0.717) is 0 Å². The number of carbonyl (C=O) groups excluding carboxylic acids is 3. The molecule has 1 fully saturated rings. The van der Waals surface area contributed by atoms with Crippen molar-refractivity contribution in [1.29, 1.82) is 0 Å². The van der Waals surface area contributed by atoms with E-state index in [-0.39, 0.29) is 12.0 Å². The van der Waals surface area contributed by atoms with E-state index < -0.39 is 30.4 Å². The lowest BCUT2D eigenvalue weighted by Gasteiger charge is -2.23. The summed E-state index contributed by atoms with van der Waals surface area (Å²) in [5, 5.41) is 5.04. The first-order chi connectivity index (χ1) is 13.0. The van der Waals surface area contributed by atoms with Crippen LogP contribution in [-0.4, -0.2) is 30.6 Å². The normalized spacial score (nSPS) is 16.8. The number of hydrogen-bond acceptors (Lipinski definition) is 4. The summed E-state index contributed by atoms with van der Waals surface area (Å²) in [4.78, 5) is 36.4. The highest BCUT2D eigenvalue weighted by atomic mass is 16.5. The second kappa shape index (κ2) is 10.7. The Morgan fingerprint density at radius 3 is 2.41 bits per heavy atom. The van der Waals surface area contributed by atoms with Crippen LogP contribution in [0.15, 0.2) is 30.3 Å². The number of carbonyl (C=O) groups is 3. The SMILES string of the molecule is CC[C@H](C)[C@@H](C(=O)OCC(=O)NC(=O)NC1CCCCC1)c1ccccc1. The monoisotopic (exact) mass is 374 g/mol. The third-order valence-electron chi connectivity index (χ3n) is 5.16. The van der Waals surface area contributed by atoms with E-state index in [0.717, 1.165) is 37.7 Å². The first-order valence-electron chi connectivity index (χ1n) is 9.83. The van der Waals surface area contributed by atoms with Crippen molar-refractivity contribution in [2.75, 3.05) is 6.61 Å². The minimum Gasteiger partial charge on any atom is -0.455 e. The molecule has 6 nitrogen and oxygen atoms in total. The number of hydrogen-bond donors (Lipinski definition) is 2. The topological polar surface area (TPSA) is 84.5 Å². The van der Waals surface area contributed by atoms with Crippen LogP contribution in [0.3, 0.4) is 0 Å². The van der Waals surface area contributed by atoms with E-state index in [1.54, 1.807) is 0 Å². The first kappa shape index (κ1) is 20.9. The summed E-state index contributed by atoms with van der Waals surface area (Å²) in [5.41, 5.74) is 0.868. The standard InChI is InChI=1S/C21H30N2O4/c1-3-15(2)19(16-10-6-4-7-11-16)20(25)27-14-18(24)23-21(26)22-17-12-8-5-9-13-17/h4,6-7,10-11,15,17,19H,3,5,8-9,12-14H2,1-2H3,(H2,22,23,24,26)/t15-,19+/m0/s1. The number of urea groups is 1. The van der Waals surface area contributed by atoms with Gasteiger partial charge < -0.3 is 10.1 Å². The van der Waals surface area contributed by atoms with Crippen LogP contribution >= 0.6 is 0 Å². The highest BCUT2D eigenvalue weighted by Gasteiger charge is 2.28. The van der Waals surface area contributed by atoms with E-state index in [9.17, 15) is 14.4 Å². The molecular weight excluding hydrogens is 344 g/mol. The second-order valence-corrected chi connectivity index (χ2v) is 7.24. The van der Waals surface area contributed by atoms with Gasteiger partial charge in [0.05, 0.1) is 5.92 Å². The van der Waals surface area contributed by atoms with Gasteiger partial charge in [-0.1, -0.05) is 69.9 Å². The van der Waals surface area contributed by atoms with Gasteiger partial charge >= 0.3 is 12.0 Å². The molecule has 1 saturated carbocycles. The molecule has 0 aliphatic heterocycles. The number of benzene rings is 1. The molecule has 0 radical (unpaired) electrons. The smallest absolute Gasteiger partial charge is 0.321 e. The number of amides is 3. The molecule has 0 heterocycles. The molecule has 3 amide bonds. The van der Waals surface area contributed by atoms with Crippen molar-refractivity contribution in [3.05, 3.63) is 35.9 Å². The molecule has 6 heteroatoms. The fourth-order valence-corrected chi connectivity index (χ4v) is 3.45. The molecule has 0 saturated heterocycles. The van der Waals surface area contributed by atoms with Crippen molar-refractivity contribution in [1.82, 2.24) is 10.6 Å². The van der Waals surface area contributed by atoms with Crippen LogP contribution in [0.4, 0.5) is 4.79 Å². The van der Waals surface area contributed by atoms with Crippen LogP contribution in [0.5, 0.6) is 0 Å². The van der Waals surface area contributed by atoms with Gasteiger partial charge in [0.2, 0.25) is 0 Å². The summed E-state index contributed by atoms with van der Waals surface area (Å²) in [7, 11) is 0. The molecule has 2 N–H and O–H groups in total. The Labute approximate surface area is 161 Å². The van der Waals surface area contributed by atoms with Crippen molar-refractivity contribution in [3.8, 4) is 0 Å². The summed E-state index contributed by atoms with van der Waals surface area (Å²) in [5.74, 6) is -1.41. The Bertz CT molecular complexity index is 626. The fourth-order valence-electron chi connectivity index (χ4n) is 3.45. The van der Waals surface area contributed by atoms with Crippen molar-refractivity contribution >= 4 is 17.9 Å². The van der Waals surface area contributed by atoms with Gasteiger partial charge in [0, 0.05) is 6.04 Å². The van der Waals surface area contributed by atoms with E-state index >= 15 is 0 Å². The summed E-state index contributed by atoms with van der Waals surface area (Å²) < 4.78 is 5.20. The Balaban J connectivity index is 1.83. The summed E-state index contributed by atoms with van der Waals surface area (Å²) in [6.45, 7) is 3.53. The van der Waals surface area contributed by atoms with Gasteiger partial charge in [-0.3, -0.25) is 14.9 Å². The third kappa shape index (κ3) is 6.70. The molecule has 2 rings (SSSR count). The Hall–Kier alpha value is -2.37. The van der Waals surface area contributed by atoms with Gasteiger partial charge in [0.1, 0.15) is 0 Å². The second-order valence-electron chi connectivity index (χ2n) is 7.24. The zero-order valence-corrected chi connectivity index (χ0v) is 16.2. The lowest BCUT2D eigenvalue weighted by atomic mass is 9.86. The molecule has 1 aromatic rings. The number of esters is 1. The lowest BCUT2D eigenvalue weighted by Crippen LogP contribution is -2.46. The van der Waals surface area contributed by atoms with E-state index in [4.69, 9.17) is 4.74 Å². The lowest BCUT2D eigenvalue weighted by molar-refractivity contribution is -0.151. The largest absolute Gasteiger partial charge is 0.455 e. The molecular formula is C21H30N2O4. The van der Waals surface area contributed by atoms with Crippen molar-refractivity contribution in [2.24, 2.45) is 5.92 Å². The van der Waals surface area contributed by atoms with Crippen molar-refractivity contribution in [3.63, 3.8) is 0 Å². The maximum Gasteiger partial charge on any atom is 0.321 e. The molecule has 2 atom stereocenters. The molecule has 0 bridgehead atoms. The van der Waals surface area contributed by atoms with Gasteiger partial charge in [-0.25, -0.2) is 4.79 Å². The average molecular weight is 374 g/mol. The molecule has 0 aromatic heterocycles. The van der Waals surface area contributed by atoms with E-state index in [1.165, 1.54) is 6.42 Å². The average Bonchev–Trinajstić information content (AvgIpc) is 2.68. The maximum atomic E-state index is 12.5. The fraction of sp³-hybridized carbons (Fsp3) is 0.571. The Morgan fingerprint density at radius 2 is 1.78 bits per heavy atom. The van der Waals surface area contributed by atoms with Crippen LogP contribution in [0.1, 0.15) is 63.9 Å². The number of nitrogens with one attached hydrogen (secondary N) is 2. The van der Waals surface area contributed by atoms with Crippen molar-refractivity contribution in [2.45, 2.75) is 64.3 Å². The molecule has 0 spiro atoms. The predicted molar refractivity (Wildman–Crippen MR) is 103 cm³/mol. The predicted octanol–water partition coefficient (Wildman–Crippen LogP) is 3.52. The number of rotatable bonds is 7. The Kier molecular flexibility index (Phi) is 8.30. The number of ether oxygens (including phenoxy) is 1. The minimum atomic E-state index is -0.618. The molecule has 1 aliphatic carbocycles. The molecule has 148 valence electrons. The van der Waals surface area contributed by atoms with Crippen LogP contribution in [0.25, 0.3) is 0 Å². The van der Waals surface area contributed by atoms with Crippen LogP contribution in [0.2, 0.25) is 0 Å². The van der Waals surface area contributed by atoms with Crippen LogP contribution in [-0.2, 0) is 14.3 Å². The van der Waals surface area contributed by atoms with Crippen LogP contribution < -0.4 is 10.6 Å². The van der Waals surface area contributed by atoms with E-state index in [1.807, 2.05) is 44.2 Å². The van der Waals surface area contributed by atoms with E-state index in [2.05, 4.69) is 10.6 Å². The molecule has 1 aliphatic rings. The minimum absolute atomic E-state index is 0.0811. The quantitative estimate of drug-likeness (QED) is 0.715. The van der Waals surface area contributed by atoms with Gasteiger partial charge in [-0.2, -0.15) is 0 Å². The highest BCUT2D eigenvalue weighted by Crippen LogP contribution is 2.28. The van der Waals surface area contributed by atoms with Crippen LogP contribution in [0, 0.1) is 5.92 Å². The summed E-state index contributed by atoms with van der Waals surface area (Å²) in [6.07, 6.45) is 6.05. The van der Waals surface area contributed by atoms with Gasteiger partial charge in [-0.05, 0) is 24.3 Å². The molecule has 1 aromatic carbocycles. The van der Waals surface area contributed by atoms with Crippen molar-refractivity contribution < 1.29 is 19.1 Å². The summed E-state index contributed by atoms with van der Waals surface area (Å²) in [6, 6.07) is 9.00. The zero-order valence-electron chi connectivity index (χ0n) is 16.2. The van der Waals surface area contributed by atoms with Gasteiger partial charge in [0.15, 0.2) is 6.61 Å². The Morgan fingerprint density at radius 1 is 1.11 bits per heavy atom. The number of imide groups is 1. The first-order valence-corrected chi connectivity index (χ1v) is 9.83. The third-order valence-corrected chi connectivity index (χ3v) is 5.16. The summed E-state index contributed by atoms with van der Waals surface area (Å²) >= 11 is 0. The molecule has 0 unspecified atom stereocenters. The van der Waals surface area contributed by atoms with Gasteiger partial charge in [0.25, 0.3) is 5.91 Å². The zero-order chi connectivity index (χ0) is 19.6. The maximum absolute atomic E-state index is 12.5.